The van der Waals surface area contributed by atoms with Crippen molar-refractivity contribution in [2.75, 3.05) is 0 Å². The molecule has 0 atom stereocenters. The fourth-order valence-electron chi connectivity index (χ4n) is 1.68. The first kappa shape index (κ1) is 11.8. The Labute approximate surface area is 90.2 Å². The Balaban J connectivity index is 2.90. The van der Waals surface area contributed by atoms with Gasteiger partial charge >= 0.3 is 0 Å². The number of carbonyl (C=O) groups is 1. The van der Waals surface area contributed by atoms with Gasteiger partial charge in [-0.1, -0.05) is 26.7 Å². The van der Waals surface area contributed by atoms with Gasteiger partial charge in [0, 0.05) is 11.3 Å². The van der Waals surface area contributed by atoms with Crippen molar-refractivity contribution in [3.05, 3.63) is 17.0 Å². The quantitative estimate of drug-likeness (QED) is 0.750. The van der Waals surface area contributed by atoms with Crippen LogP contribution in [0.3, 0.4) is 0 Å². The minimum atomic E-state index is -0.433. The van der Waals surface area contributed by atoms with Crippen LogP contribution in [0.15, 0.2) is 0 Å². The Morgan fingerprint density at radius 1 is 1.33 bits per heavy atom. The van der Waals surface area contributed by atoms with Gasteiger partial charge in [-0.25, -0.2) is 0 Å². The molecule has 3 N–H and O–H groups in total. The van der Waals surface area contributed by atoms with Crippen molar-refractivity contribution in [2.45, 2.75) is 46.0 Å². The average Bonchev–Trinajstić information content (AvgIpc) is 2.59. The van der Waals surface area contributed by atoms with Crippen molar-refractivity contribution in [3.63, 3.8) is 0 Å². The van der Waals surface area contributed by atoms with Crippen molar-refractivity contribution >= 4 is 5.91 Å². The maximum atomic E-state index is 11.1. The molecule has 0 unspecified atom stereocenters. The smallest absolute Gasteiger partial charge is 0.269 e. The second kappa shape index (κ2) is 5.53. The first-order valence-corrected chi connectivity index (χ1v) is 5.56. The minimum absolute atomic E-state index is 0.419. The van der Waals surface area contributed by atoms with E-state index in [0.717, 1.165) is 43.4 Å². The minimum Gasteiger partial charge on any atom is -0.364 e. The first-order chi connectivity index (χ1) is 7.20. The van der Waals surface area contributed by atoms with Crippen LogP contribution in [0.5, 0.6) is 0 Å². The zero-order chi connectivity index (χ0) is 11.3. The van der Waals surface area contributed by atoms with Gasteiger partial charge in [0.15, 0.2) is 5.69 Å². The van der Waals surface area contributed by atoms with Crippen LogP contribution in [0, 0.1) is 0 Å². The normalized spacial score (nSPS) is 10.5. The molecular formula is C11H19N3O. The molecule has 0 aliphatic rings. The number of H-pyrrole nitrogens is 1. The predicted molar refractivity (Wildman–Crippen MR) is 59.7 cm³/mol. The zero-order valence-corrected chi connectivity index (χ0v) is 9.47. The number of hydrogen-bond donors (Lipinski definition) is 2. The Morgan fingerprint density at radius 3 is 2.60 bits per heavy atom. The molecule has 84 valence electrons. The molecule has 15 heavy (non-hydrogen) atoms. The summed E-state index contributed by atoms with van der Waals surface area (Å²) < 4.78 is 0. The van der Waals surface area contributed by atoms with Gasteiger partial charge in [0.05, 0.1) is 0 Å². The molecule has 1 aromatic rings. The van der Waals surface area contributed by atoms with Crippen LogP contribution in [0.25, 0.3) is 0 Å². The van der Waals surface area contributed by atoms with Crippen molar-refractivity contribution in [1.82, 2.24) is 10.2 Å². The number of aromatic amines is 1. The number of nitrogens with zero attached hydrogens (tertiary/aromatic N) is 1. The van der Waals surface area contributed by atoms with Crippen LogP contribution >= 0.6 is 0 Å². The predicted octanol–water partition coefficient (Wildman–Crippen LogP) is 1.80. The molecule has 0 bridgehead atoms. The van der Waals surface area contributed by atoms with E-state index in [9.17, 15) is 4.79 Å². The summed E-state index contributed by atoms with van der Waals surface area (Å²) >= 11 is 0. The van der Waals surface area contributed by atoms with E-state index >= 15 is 0 Å². The summed E-state index contributed by atoms with van der Waals surface area (Å²) in [7, 11) is 0. The molecule has 1 heterocycles. The van der Waals surface area contributed by atoms with Gasteiger partial charge in [0.25, 0.3) is 5.91 Å². The Hall–Kier alpha value is -1.32. The Kier molecular flexibility index (Phi) is 4.34. The summed E-state index contributed by atoms with van der Waals surface area (Å²) in [6.45, 7) is 4.23. The number of aromatic nitrogens is 2. The number of nitrogens with two attached hydrogens (primary N) is 1. The molecule has 0 fully saturated rings. The zero-order valence-electron chi connectivity index (χ0n) is 9.47. The topological polar surface area (TPSA) is 71.8 Å². The SMILES string of the molecule is CCCCc1[nH]nc(C(N)=O)c1CCC. The van der Waals surface area contributed by atoms with Gasteiger partial charge in [0.2, 0.25) is 0 Å². The van der Waals surface area contributed by atoms with E-state index < -0.39 is 5.91 Å². The standard InChI is InChI=1S/C11H19N3O/c1-3-5-7-9-8(6-4-2)10(11(12)15)14-13-9/h3-7H2,1-2H3,(H2,12,15)(H,13,14). The largest absolute Gasteiger partial charge is 0.364 e. The van der Waals surface area contributed by atoms with E-state index in [1.165, 1.54) is 0 Å². The molecule has 0 spiro atoms. The van der Waals surface area contributed by atoms with Crippen LogP contribution in [0.1, 0.15) is 54.9 Å². The molecule has 4 heteroatoms. The number of unbranched alkanes of at least 4 members (excludes halogenated alkanes) is 1. The van der Waals surface area contributed by atoms with E-state index in [1.54, 1.807) is 0 Å². The lowest BCUT2D eigenvalue weighted by atomic mass is 10.0. The van der Waals surface area contributed by atoms with E-state index in [0.29, 0.717) is 5.69 Å². The van der Waals surface area contributed by atoms with Gasteiger partial charge in [-0.2, -0.15) is 5.10 Å². The summed E-state index contributed by atoms with van der Waals surface area (Å²) in [5.41, 5.74) is 7.77. The molecule has 0 aromatic carbocycles. The highest BCUT2D eigenvalue weighted by molar-refractivity contribution is 5.92. The van der Waals surface area contributed by atoms with Crippen molar-refractivity contribution in [3.8, 4) is 0 Å². The van der Waals surface area contributed by atoms with Gasteiger partial charge in [0.1, 0.15) is 0 Å². The summed E-state index contributed by atoms with van der Waals surface area (Å²) in [5, 5.41) is 6.91. The number of aryl methyl sites for hydroxylation is 1. The second-order valence-corrected chi connectivity index (χ2v) is 3.75. The molecule has 0 radical (unpaired) electrons. The van der Waals surface area contributed by atoms with E-state index in [2.05, 4.69) is 24.0 Å². The average molecular weight is 209 g/mol. The van der Waals surface area contributed by atoms with Gasteiger partial charge < -0.3 is 5.73 Å². The van der Waals surface area contributed by atoms with Gasteiger partial charge in [-0.15, -0.1) is 0 Å². The van der Waals surface area contributed by atoms with Crippen molar-refractivity contribution in [2.24, 2.45) is 5.73 Å². The fourth-order valence-corrected chi connectivity index (χ4v) is 1.68. The molecule has 0 aliphatic carbocycles. The van der Waals surface area contributed by atoms with Gasteiger partial charge in [-0.05, 0) is 19.3 Å². The lowest BCUT2D eigenvalue weighted by molar-refractivity contribution is 0.0994. The number of amides is 1. The van der Waals surface area contributed by atoms with Gasteiger partial charge in [-0.3, -0.25) is 9.89 Å². The molecule has 0 aliphatic heterocycles. The number of carbonyl (C=O) groups excluding carboxylic acids is 1. The van der Waals surface area contributed by atoms with Crippen LogP contribution in [-0.2, 0) is 12.8 Å². The van der Waals surface area contributed by atoms with Crippen LogP contribution in [-0.4, -0.2) is 16.1 Å². The first-order valence-electron chi connectivity index (χ1n) is 5.56. The van der Waals surface area contributed by atoms with E-state index in [1.807, 2.05) is 0 Å². The molecule has 0 saturated heterocycles. The second-order valence-electron chi connectivity index (χ2n) is 3.75. The maximum absolute atomic E-state index is 11.1. The third-order valence-corrected chi connectivity index (χ3v) is 2.47. The molecule has 1 rings (SSSR count). The monoisotopic (exact) mass is 209 g/mol. The van der Waals surface area contributed by atoms with Crippen molar-refractivity contribution in [1.29, 1.82) is 0 Å². The summed E-state index contributed by atoms with van der Waals surface area (Å²) in [6, 6.07) is 0. The lowest BCUT2D eigenvalue weighted by Gasteiger charge is -2.01. The molecule has 0 saturated carbocycles. The van der Waals surface area contributed by atoms with Crippen LogP contribution < -0.4 is 5.73 Å². The van der Waals surface area contributed by atoms with Crippen LogP contribution in [0.4, 0.5) is 0 Å². The molecule has 4 nitrogen and oxygen atoms in total. The molecule has 1 amide bonds. The third-order valence-electron chi connectivity index (χ3n) is 2.47. The van der Waals surface area contributed by atoms with E-state index in [-0.39, 0.29) is 0 Å². The van der Waals surface area contributed by atoms with Crippen LogP contribution in [0.2, 0.25) is 0 Å². The highest BCUT2D eigenvalue weighted by Crippen LogP contribution is 2.15. The van der Waals surface area contributed by atoms with Crippen molar-refractivity contribution < 1.29 is 4.79 Å². The molecule has 1 aromatic heterocycles. The summed E-state index contributed by atoms with van der Waals surface area (Å²) in [5.74, 6) is -0.433. The third kappa shape index (κ3) is 2.81. The summed E-state index contributed by atoms with van der Waals surface area (Å²) in [4.78, 5) is 11.1. The summed E-state index contributed by atoms with van der Waals surface area (Å²) in [6.07, 6.45) is 5.06. The highest BCUT2D eigenvalue weighted by atomic mass is 16.1. The Morgan fingerprint density at radius 2 is 2.07 bits per heavy atom. The highest BCUT2D eigenvalue weighted by Gasteiger charge is 2.15. The Bertz CT molecular complexity index is 331. The molecular weight excluding hydrogens is 190 g/mol. The maximum Gasteiger partial charge on any atom is 0.269 e. The number of primary amides is 1. The van der Waals surface area contributed by atoms with E-state index in [4.69, 9.17) is 5.73 Å². The number of nitrogens with one attached hydrogen (secondary N) is 1. The number of hydrogen-bond acceptors (Lipinski definition) is 2. The lowest BCUT2D eigenvalue weighted by Crippen LogP contribution is -2.14. The number of rotatable bonds is 6. The fraction of sp³-hybridized carbons (Fsp3) is 0.636.